The first-order valence-corrected chi connectivity index (χ1v) is 8.68. The van der Waals surface area contributed by atoms with E-state index in [9.17, 15) is 0 Å². The minimum atomic E-state index is 0.355. The highest BCUT2D eigenvalue weighted by Crippen LogP contribution is 2.37. The molecule has 0 saturated carbocycles. The molecule has 2 aromatic rings. The minimum absolute atomic E-state index is 0.355. The van der Waals surface area contributed by atoms with Gasteiger partial charge in [0.15, 0.2) is 0 Å². The number of hydrogen-bond donors (Lipinski definition) is 1. The average molecular weight is 380 g/mol. The summed E-state index contributed by atoms with van der Waals surface area (Å²) < 4.78 is 6.90. The third-order valence-corrected chi connectivity index (χ3v) is 5.35. The fourth-order valence-corrected chi connectivity index (χ4v) is 4.09. The van der Waals surface area contributed by atoms with E-state index in [0.717, 1.165) is 22.2 Å². The predicted molar refractivity (Wildman–Crippen MR) is 95.3 cm³/mol. The lowest BCUT2D eigenvalue weighted by Crippen LogP contribution is -2.17. The molecular formula is C16H14BrNOS2. The Morgan fingerprint density at radius 1 is 1.33 bits per heavy atom. The lowest BCUT2D eigenvalue weighted by Gasteiger charge is -2.14. The molecule has 1 aliphatic rings. The molecule has 0 aromatic heterocycles. The van der Waals surface area contributed by atoms with Gasteiger partial charge in [0.25, 0.3) is 0 Å². The van der Waals surface area contributed by atoms with Crippen LogP contribution in [0.3, 0.4) is 0 Å². The van der Waals surface area contributed by atoms with E-state index in [1.54, 1.807) is 0 Å². The van der Waals surface area contributed by atoms with E-state index in [4.69, 9.17) is 22.7 Å². The summed E-state index contributed by atoms with van der Waals surface area (Å²) in [6, 6.07) is 14.3. The van der Waals surface area contributed by atoms with Gasteiger partial charge in [-0.2, -0.15) is 0 Å². The summed E-state index contributed by atoms with van der Waals surface area (Å²) >= 11 is 10.4. The van der Waals surface area contributed by atoms with E-state index in [1.807, 2.05) is 30.0 Å². The van der Waals surface area contributed by atoms with Gasteiger partial charge in [-0.1, -0.05) is 46.3 Å². The summed E-state index contributed by atoms with van der Waals surface area (Å²) in [5.41, 5.74) is 7.94. The quantitative estimate of drug-likeness (QED) is 0.808. The highest BCUT2D eigenvalue weighted by atomic mass is 79.9. The van der Waals surface area contributed by atoms with Crippen LogP contribution in [0.2, 0.25) is 0 Å². The second-order valence-corrected chi connectivity index (χ2v) is 7.57. The molecule has 0 radical (unpaired) electrons. The van der Waals surface area contributed by atoms with Crippen molar-refractivity contribution in [2.45, 2.75) is 16.6 Å². The maximum atomic E-state index is 5.96. The molecule has 2 N–H and O–H groups in total. The van der Waals surface area contributed by atoms with Gasteiger partial charge in [-0.05, 0) is 36.2 Å². The molecule has 1 heterocycles. The SMILES string of the molecule is NC(=S)c1cc(Br)ccc1OCC1Cc2ccccc2S1. The number of thiocarbonyl (C=S) groups is 1. The van der Waals surface area contributed by atoms with Crippen molar-refractivity contribution in [2.75, 3.05) is 6.61 Å². The highest BCUT2D eigenvalue weighted by Gasteiger charge is 2.22. The van der Waals surface area contributed by atoms with Crippen molar-refractivity contribution < 1.29 is 4.74 Å². The number of thioether (sulfide) groups is 1. The van der Waals surface area contributed by atoms with E-state index >= 15 is 0 Å². The standard InChI is InChI=1S/C16H14BrNOS2/c17-11-5-6-14(13(8-11)16(18)20)19-9-12-7-10-3-1-2-4-15(10)21-12/h1-6,8,12H,7,9H2,(H2,18,20). The smallest absolute Gasteiger partial charge is 0.129 e. The van der Waals surface area contributed by atoms with Crippen molar-refractivity contribution in [2.24, 2.45) is 5.73 Å². The summed E-state index contributed by atoms with van der Waals surface area (Å²) in [6.07, 6.45) is 1.04. The van der Waals surface area contributed by atoms with Crippen LogP contribution in [0.1, 0.15) is 11.1 Å². The van der Waals surface area contributed by atoms with Crippen molar-refractivity contribution >= 4 is 44.9 Å². The molecule has 108 valence electrons. The fourth-order valence-electron chi connectivity index (χ4n) is 2.35. The highest BCUT2D eigenvalue weighted by molar-refractivity contribution is 9.10. The summed E-state index contributed by atoms with van der Waals surface area (Å²) in [6.45, 7) is 0.649. The Bertz CT molecular complexity index is 665. The zero-order valence-electron chi connectivity index (χ0n) is 11.2. The van der Waals surface area contributed by atoms with Gasteiger partial charge in [-0.25, -0.2) is 0 Å². The summed E-state index contributed by atoms with van der Waals surface area (Å²) in [7, 11) is 0. The maximum Gasteiger partial charge on any atom is 0.129 e. The molecule has 0 amide bonds. The van der Waals surface area contributed by atoms with Crippen LogP contribution < -0.4 is 10.5 Å². The molecule has 2 nitrogen and oxygen atoms in total. The topological polar surface area (TPSA) is 35.2 Å². The molecule has 0 saturated heterocycles. The van der Waals surface area contributed by atoms with Gasteiger partial charge in [-0.15, -0.1) is 11.8 Å². The van der Waals surface area contributed by atoms with Crippen LogP contribution in [0.15, 0.2) is 51.8 Å². The maximum absolute atomic E-state index is 5.96. The van der Waals surface area contributed by atoms with Crippen LogP contribution in [-0.4, -0.2) is 16.8 Å². The third kappa shape index (κ3) is 3.42. The first-order valence-electron chi connectivity index (χ1n) is 6.60. The Hall–Kier alpha value is -1.04. The predicted octanol–water partition coefficient (Wildman–Crippen LogP) is 4.18. The van der Waals surface area contributed by atoms with E-state index in [0.29, 0.717) is 16.8 Å². The van der Waals surface area contributed by atoms with Crippen LogP contribution in [0.25, 0.3) is 0 Å². The number of benzene rings is 2. The monoisotopic (exact) mass is 379 g/mol. The molecule has 1 aliphatic heterocycles. The number of nitrogens with two attached hydrogens (primary N) is 1. The van der Waals surface area contributed by atoms with Crippen LogP contribution >= 0.6 is 39.9 Å². The number of ether oxygens (including phenoxy) is 1. The second-order valence-electron chi connectivity index (χ2n) is 4.87. The van der Waals surface area contributed by atoms with Crippen molar-refractivity contribution in [1.82, 2.24) is 0 Å². The normalized spacial score (nSPS) is 16.5. The van der Waals surface area contributed by atoms with Gasteiger partial charge in [0.1, 0.15) is 17.3 Å². The number of hydrogen-bond acceptors (Lipinski definition) is 3. The molecule has 0 aliphatic carbocycles. The van der Waals surface area contributed by atoms with Gasteiger partial charge in [0, 0.05) is 14.6 Å². The lowest BCUT2D eigenvalue weighted by atomic mass is 10.1. The second kappa shape index (κ2) is 6.38. The Morgan fingerprint density at radius 3 is 2.90 bits per heavy atom. The molecule has 0 spiro atoms. The average Bonchev–Trinajstić information content (AvgIpc) is 2.88. The first-order chi connectivity index (χ1) is 10.1. The molecule has 1 unspecified atom stereocenters. The molecule has 2 aromatic carbocycles. The van der Waals surface area contributed by atoms with Crippen molar-refractivity contribution in [3.63, 3.8) is 0 Å². The van der Waals surface area contributed by atoms with E-state index < -0.39 is 0 Å². The van der Waals surface area contributed by atoms with Gasteiger partial charge in [-0.3, -0.25) is 0 Å². The van der Waals surface area contributed by atoms with Gasteiger partial charge < -0.3 is 10.5 Å². The zero-order valence-corrected chi connectivity index (χ0v) is 14.4. The summed E-state index contributed by atoms with van der Waals surface area (Å²) in [5.74, 6) is 0.752. The Morgan fingerprint density at radius 2 is 2.14 bits per heavy atom. The molecule has 0 bridgehead atoms. The Labute approximate surface area is 142 Å². The molecule has 5 heteroatoms. The van der Waals surface area contributed by atoms with Crippen LogP contribution in [0.5, 0.6) is 5.75 Å². The molecule has 21 heavy (non-hydrogen) atoms. The summed E-state index contributed by atoms with van der Waals surface area (Å²) in [5, 5.41) is 0.435. The molecule has 1 atom stereocenters. The van der Waals surface area contributed by atoms with E-state index in [2.05, 4.69) is 40.2 Å². The van der Waals surface area contributed by atoms with Crippen LogP contribution in [0.4, 0.5) is 0 Å². The zero-order chi connectivity index (χ0) is 14.8. The third-order valence-electron chi connectivity index (χ3n) is 3.35. The van der Waals surface area contributed by atoms with E-state index in [-0.39, 0.29) is 0 Å². The molecule has 0 fully saturated rings. The van der Waals surface area contributed by atoms with Crippen molar-refractivity contribution in [1.29, 1.82) is 0 Å². The first kappa shape index (κ1) is 14.9. The Kier molecular flexibility index (Phi) is 4.52. The summed E-state index contributed by atoms with van der Waals surface area (Å²) in [4.78, 5) is 1.71. The Balaban J connectivity index is 1.68. The minimum Gasteiger partial charge on any atom is -0.492 e. The lowest BCUT2D eigenvalue weighted by molar-refractivity contribution is 0.317. The van der Waals surface area contributed by atoms with Crippen LogP contribution in [0, 0.1) is 0 Å². The number of rotatable bonds is 4. The van der Waals surface area contributed by atoms with E-state index in [1.165, 1.54) is 10.5 Å². The van der Waals surface area contributed by atoms with Crippen LogP contribution in [-0.2, 0) is 6.42 Å². The van der Waals surface area contributed by atoms with Crippen molar-refractivity contribution in [3.8, 4) is 5.75 Å². The van der Waals surface area contributed by atoms with Gasteiger partial charge in [0.05, 0.1) is 5.56 Å². The molecule has 3 rings (SSSR count). The largest absolute Gasteiger partial charge is 0.492 e. The van der Waals surface area contributed by atoms with Gasteiger partial charge >= 0.3 is 0 Å². The number of fused-ring (bicyclic) bond motifs is 1. The van der Waals surface area contributed by atoms with Gasteiger partial charge in [0.2, 0.25) is 0 Å². The van der Waals surface area contributed by atoms with Crippen molar-refractivity contribution in [3.05, 3.63) is 58.1 Å². The molecular weight excluding hydrogens is 366 g/mol. The number of halogens is 1. The fraction of sp³-hybridized carbons (Fsp3) is 0.188.